The van der Waals surface area contributed by atoms with E-state index in [1.165, 1.54) is 5.56 Å². The molecule has 0 spiro atoms. The largest absolute Gasteiger partial charge is 0.384 e. The summed E-state index contributed by atoms with van der Waals surface area (Å²) in [6.45, 7) is 0. The molecule has 0 saturated carbocycles. The fourth-order valence-corrected chi connectivity index (χ4v) is 2.09. The molecule has 5 heteroatoms. The van der Waals surface area contributed by atoms with Gasteiger partial charge in [-0.2, -0.15) is 0 Å². The van der Waals surface area contributed by atoms with Crippen LogP contribution in [0.2, 0.25) is 0 Å². The first-order valence-corrected chi connectivity index (χ1v) is 6.06. The molecule has 0 bridgehead atoms. The third-order valence-corrected chi connectivity index (χ3v) is 3.22. The maximum Gasteiger partial charge on any atom is 0.122 e. The van der Waals surface area contributed by atoms with E-state index in [9.17, 15) is 0 Å². The molecule has 86 valence electrons. The van der Waals surface area contributed by atoms with Gasteiger partial charge in [-0.25, -0.2) is 9.97 Å². The first kappa shape index (κ1) is 11.6. The molecule has 0 fully saturated rings. The SMILES string of the molecule is N=C(N)c1ccc(CSc2ccncn2)cc1. The molecule has 2 rings (SSSR count). The summed E-state index contributed by atoms with van der Waals surface area (Å²) in [6.07, 6.45) is 3.27. The molecule has 0 amide bonds. The van der Waals surface area contributed by atoms with Gasteiger partial charge in [0.05, 0.1) is 5.03 Å². The fraction of sp³-hybridized carbons (Fsp3) is 0.0833. The molecular weight excluding hydrogens is 232 g/mol. The lowest BCUT2D eigenvalue weighted by Gasteiger charge is -2.02. The Labute approximate surface area is 104 Å². The van der Waals surface area contributed by atoms with Crippen molar-refractivity contribution >= 4 is 17.6 Å². The number of benzene rings is 1. The number of nitrogen functional groups attached to an aromatic ring is 1. The van der Waals surface area contributed by atoms with Gasteiger partial charge in [0.25, 0.3) is 0 Å². The van der Waals surface area contributed by atoms with Crippen LogP contribution in [0.1, 0.15) is 11.1 Å². The van der Waals surface area contributed by atoms with E-state index in [0.29, 0.717) is 0 Å². The average Bonchev–Trinajstić information content (AvgIpc) is 2.38. The molecule has 0 saturated heterocycles. The number of nitrogens with two attached hydrogens (primary N) is 1. The summed E-state index contributed by atoms with van der Waals surface area (Å²) in [7, 11) is 0. The second-order valence-electron chi connectivity index (χ2n) is 3.45. The van der Waals surface area contributed by atoms with Gasteiger partial charge in [0.15, 0.2) is 0 Å². The van der Waals surface area contributed by atoms with Gasteiger partial charge in [0.2, 0.25) is 0 Å². The molecular formula is C12H12N4S. The lowest BCUT2D eigenvalue weighted by atomic mass is 10.1. The highest BCUT2D eigenvalue weighted by Gasteiger charge is 1.99. The number of nitrogens with zero attached hydrogens (tertiary/aromatic N) is 2. The third kappa shape index (κ3) is 3.29. The Morgan fingerprint density at radius 1 is 1.24 bits per heavy atom. The van der Waals surface area contributed by atoms with Crippen molar-refractivity contribution in [3.63, 3.8) is 0 Å². The van der Waals surface area contributed by atoms with Crippen LogP contribution in [-0.4, -0.2) is 15.8 Å². The highest BCUT2D eigenvalue weighted by molar-refractivity contribution is 7.98. The maximum atomic E-state index is 7.30. The van der Waals surface area contributed by atoms with E-state index in [0.717, 1.165) is 16.3 Å². The van der Waals surface area contributed by atoms with Gasteiger partial charge in [-0.3, -0.25) is 5.41 Å². The molecule has 3 N–H and O–H groups in total. The normalized spacial score (nSPS) is 10.1. The molecule has 0 aliphatic rings. The molecule has 1 heterocycles. The molecule has 17 heavy (non-hydrogen) atoms. The number of hydrogen-bond acceptors (Lipinski definition) is 4. The predicted molar refractivity (Wildman–Crippen MR) is 69.1 cm³/mol. The smallest absolute Gasteiger partial charge is 0.122 e. The molecule has 0 unspecified atom stereocenters. The predicted octanol–water partition coefficient (Wildman–Crippen LogP) is 2.05. The zero-order valence-electron chi connectivity index (χ0n) is 9.13. The zero-order valence-corrected chi connectivity index (χ0v) is 9.95. The molecule has 0 aliphatic heterocycles. The summed E-state index contributed by atoms with van der Waals surface area (Å²) in [4.78, 5) is 8.01. The fourth-order valence-electron chi connectivity index (χ4n) is 1.30. The van der Waals surface area contributed by atoms with E-state index in [1.54, 1.807) is 24.3 Å². The summed E-state index contributed by atoms with van der Waals surface area (Å²) in [5, 5.41) is 8.25. The van der Waals surface area contributed by atoms with Gasteiger partial charge in [-0.1, -0.05) is 24.3 Å². The Balaban J connectivity index is 1.98. The summed E-state index contributed by atoms with van der Waals surface area (Å²) in [5.41, 5.74) is 7.32. The van der Waals surface area contributed by atoms with E-state index >= 15 is 0 Å². The Kier molecular flexibility index (Phi) is 3.72. The van der Waals surface area contributed by atoms with Crippen molar-refractivity contribution in [3.8, 4) is 0 Å². The van der Waals surface area contributed by atoms with Gasteiger partial charge < -0.3 is 5.73 Å². The Morgan fingerprint density at radius 3 is 2.59 bits per heavy atom. The van der Waals surface area contributed by atoms with E-state index in [2.05, 4.69) is 9.97 Å². The van der Waals surface area contributed by atoms with Crippen LogP contribution in [0.3, 0.4) is 0 Å². The van der Waals surface area contributed by atoms with Gasteiger partial charge in [0, 0.05) is 17.5 Å². The molecule has 0 atom stereocenters. The summed E-state index contributed by atoms with van der Waals surface area (Å²) >= 11 is 1.65. The highest BCUT2D eigenvalue weighted by atomic mass is 32.2. The topological polar surface area (TPSA) is 75.7 Å². The Hall–Kier alpha value is -1.88. The minimum atomic E-state index is 0.0972. The standard InChI is InChI=1S/C12H12N4S/c13-12(14)10-3-1-9(2-4-10)7-17-11-5-6-15-8-16-11/h1-6,8H,7H2,(H3,13,14). The van der Waals surface area contributed by atoms with Crippen LogP contribution in [0, 0.1) is 5.41 Å². The monoisotopic (exact) mass is 244 g/mol. The second kappa shape index (κ2) is 5.45. The quantitative estimate of drug-likeness (QED) is 0.373. The molecule has 4 nitrogen and oxygen atoms in total. The van der Waals surface area contributed by atoms with Crippen molar-refractivity contribution in [2.75, 3.05) is 0 Å². The van der Waals surface area contributed by atoms with Crippen LogP contribution < -0.4 is 5.73 Å². The van der Waals surface area contributed by atoms with Gasteiger partial charge in [-0.15, -0.1) is 11.8 Å². The molecule has 0 aliphatic carbocycles. The Morgan fingerprint density at radius 2 is 2.00 bits per heavy atom. The van der Waals surface area contributed by atoms with E-state index in [4.69, 9.17) is 11.1 Å². The summed E-state index contributed by atoms with van der Waals surface area (Å²) in [5.74, 6) is 0.940. The van der Waals surface area contributed by atoms with Crippen molar-refractivity contribution in [2.45, 2.75) is 10.8 Å². The number of thioether (sulfide) groups is 1. The number of nitrogens with one attached hydrogen (secondary N) is 1. The lowest BCUT2D eigenvalue weighted by Crippen LogP contribution is -2.10. The van der Waals surface area contributed by atoms with E-state index in [-0.39, 0.29) is 5.84 Å². The maximum absolute atomic E-state index is 7.30. The van der Waals surface area contributed by atoms with Crippen LogP contribution in [0.15, 0.2) is 47.9 Å². The third-order valence-electron chi connectivity index (χ3n) is 2.21. The van der Waals surface area contributed by atoms with Gasteiger partial charge in [0.1, 0.15) is 12.2 Å². The number of hydrogen-bond donors (Lipinski definition) is 2. The molecule has 0 radical (unpaired) electrons. The first-order chi connectivity index (χ1) is 8.25. The lowest BCUT2D eigenvalue weighted by molar-refractivity contribution is 1.05. The van der Waals surface area contributed by atoms with Gasteiger partial charge >= 0.3 is 0 Å². The average molecular weight is 244 g/mol. The van der Waals surface area contributed by atoms with Crippen molar-refractivity contribution in [1.29, 1.82) is 5.41 Å². The number of aromatic nitrogens is 2. The molecule has 2 aromatic rings. The van der Waals surface area contributed by atoms with Crippen molar-refractivity contribution < 1.29 is 0 Å². The van der Waals surface area contributed by atoms with Crippen molar-refractivity contribution in [3.05, 3.63) is 54.0 Å². The van der Waals surface area contributed by atoms with Crippen LogP contribution >= 0.6 is 11.8 Å². The number of rotatable bonds is 4. The van der Waals surface area contributed by atoms with Crippen LogP contribution in [0.4, 0.5) is 0 Å². The summed E-state index contributed by atoms with van der Waals surface area (Å²) in [6, 6.07) is 9.56. The number of amidine groups is 1. The van der Waals surface area contributed by atoms with Crippen LogP contribution in [0.25, 0.3) is 0 Å². The summed E-state index contributed by atoms with van der Waals surface area (Å²) < 4.78 is 0. The highest BCUT2D eigenvalue weighted by Crippen LogP contribution is 2.19. The second-order valence-corrected chi connectivity index (χ2v) is 4.44. The van der Waals surface area contributed by atoms with Gasteiger partial charge in [-0.05, 0) is 11.6 Å². The van der Waals surface area contributed by atoms with E-state index in [1.807, 2.05) is 30.3 Å². The van der Waals surface area contributed by atoms with Crippen molar-refractivity contribution in [2.24, 2.45) is 5.73 Å². The molecule has 1 aromatic carbocycles. The minimum absolute atomic E-state index is 0.0972. The first-order valence-electron chi connectivity index (χ1n) is 5.08. The van der Waals surface area contributed by atoms with Crippen molar-refractivity contribution in [1.82, 2.24) is 9.97 Å². The molecule has 1 aromatic heterocycles. The van der Waals surface area contributed by atoms with Crippen LogP contribution in [-0.2, 0) is 5.75 Å². The Bertz CT molecular complexity index is 496. The van der Waals surface area contributed by atoms with E-state index < -0.39 is 0 Å². The zero-order chi connectivity index (χ0) is 12.1. The minimum Gasteiger partial charge on any atom is -0.384 e. The van der Waals surface area contributed by atoms with Crippen LogP contribution in [0.5, 0.6) is 0 Å².